The largest absolute Gasteiger partial charge is 0.478 e. The Hall–Kier alpha value is -7.76. The van der Waals surface area contributed by atoms with Crippen LogP contribution in [-0.2, 0) is 17.8 Å². The second-order valence-corrected chi connectivity index (χ2v) is 11.9. The highest BCUT2D eigenvalue weighted by atomic mass is 19.1. The van der Waals surface area contributed by atoms with Crippen LogP contribution in [0.15, 0.2) is 109 Å². The maximum Gasteiger partial charge on any atom is 0.337 e. The first-order valence-electron chi connectivity index (χ1n) is 16.8. The highest BCUT2D eigenvalue weighted by Gasteiger charge is 2.19. The molecule has 0 bridgehead atoms. The Morgan fingerprint density at radius 2 is 0.966 bits per heavy atom. The summed E-state index contributed by atoms with van der Waals surface area (Å²) in [6.45, 7) is -0.518. The fourth-order valence-electron chi connectivity index (χ4n) is 4.87. The van der Waals surface area contributed by atoms with Crippen LogP contribution in [-0.4, -0.2) is 45.9 Å². The first-order valence-corrected chi connectivity index (χ1v) is 16.8. The van der Waals surface area contributed by atoms with E-state index in [0.29, 0.717) is 0 Å². The Morgan fingerprint density at radius 3 is 1.36 bits per heavy atom. The molecule has 12 nitrogen and oxygen atoms in total. The molecule has 302 valence electrons. The van der Waals surface area contributed by atoms with Crippen molar-refractivity contribution < 1.29 is 64.8 Å². The molecule has 0 radical (unpaired) electrons. The number of halogens is 6. The first-order chi connectivity index (χ1) is 28.2. The molecule has 0 aliphatic rings. The fourth-order valence-corrected chi connectivity index (χ4v) is 4.87. The monoisotopic (exact) mass is 818 g/mol. The summed E-state index contributed by atoms with van der Waals surface area (Å²) in [6, 6.07) is 18.6. The minimum Gasteiger partial charge on any atom is -0.478 e. The number of benzene rings is 4. The van der Waals surface area contributed by atoms with Crippen LogP contribution in [0.5, 0.6) is 23.3 Å². The highest BCUT2D eigenvalue weighted by Crippen LogP contribution is 2.26. The van der Waals surface area contributed by atoms with Crippen LogP contribution in [0, 0.1) is 34.9 Å². The topological polar surface area (TPSA) is 166 Å². The zero-order valence-corrected chi connectivity index (χ0v) is 30.3. The number of carboxylic acid groups (broad SMARTS) is 1. The number of amides is 2. The van der Waals surface area contributed by atoms with E-state index in [1.165, 1.54) is 55.6 Å². The van der Waals surface area contributed by atoms with Gasteiger partial charge in [-0.1, -0.05) is 12.1 Å². The molecule has 0 saturated carbocycles. The first kappa shape index (κ1) is 42.4. The van der Waals surface area contributed by atoms with Gasteiger partial charge < -0.3 is 30.0 Å². The Bertz CT molecular complexity index is 2510. The number of carbonyl (C=O) groups is 4. The molecule has 2 aromatic heterocycles. The number of nitrogens with one attached hydrogen (secondary N) is 2. The number of hydrogen-bond acceptors (Lipinski definition) is 9. The number of aromatic carboxylic acids is 1. The lowest BCUT2D eigenvalue weighted by Gasteiger charge is -2.11. The van der Waals surface area contributed by atoms with Crippen LogP contribution in [0.25, 0.3) is 0 Å². The fraction of sp³-hybridized carbons (Fsp3) is 0.0732. The van der Waals surface area contributed by atoms with Crippen molar-refractivity contribution in [1.82, 2.24) is 20.6 Å². The summed E-state index contributed by atoms with van der Waals surface area (Å²) in [7, 11) is 1.17. The molecular formula is C41H28F6N4O8. The molecule has 2 amide bonds. The number of nitrogens with zero attached hydrogens (tertiary/aromatic N) is 2. The minimum absolute atomic E-state index is 0.0226. The second kappa shape index (κ2) is 19.4. The van der Waals surface area contributed by atoms with Gasteiger partial charge in [-0.2, -0.15) is 0 Å². The van der Waals surface area contributed by atoms with E-state index in [9.17, 15) is 45.5 Å². The number of methoxy groups -OCH3 is 1. The van der Waals surface area contributed by atoms with Gasteiger partial charge in [-0.3, -0.25) is 9.59 Å². The highest BCUT2D eigenvalue weighted by molar-refractivity contribution is 5.97. The van der Waals surface area contributed by atoms with Gasteiger partial charge in [0.05, 0.1) is 30.6 Å². The molecule has 0 unspecified atom stereocenters. The number of pyridine rings is 2. The molecule has 0 spiro atoms. The van der Waals surface area contributed by atoms with Gasteiger partial charge in [-0.25, -0.2) is 45.9 Å². The van der Waals surface area contributed by atoms with E-state index in [0.717, 1.165) is 60.9 Å². The summed E-state index contributed by atoms with van der Waals surface area (Å²) in [4.78, 5) is 54.7. The van der Waals surface area contributed by atoms with E-state index in [-0.39, 0.29) is 69.7 Å². The minimum atomic E-state index is -1.28. The average molecular weight is 819 g/mol. The molecule has 0 fully saturated rings. The van der Waals surface area contributed by atoms with Crippen LogP contribution in [0.4, 0.5) is 26.3 Å². The molecule has 0 aliphatic heterocycles. The maximum atomic E-state index is 14.2. The zero-order valence-electron chi connectivity index (χ0n) is 30.3. The maximum absolute atomic E-state index is 14.2. The van der Waals surface area contributed by atoms with Crippen molar-refractivity contribution in [3.63, 3.8) is 0 Å². The summed E-state index contributed by atoms with van der Waals surface area (Å²) >= 11 is 0. The predicted octanol–water partition coefficient (Wildman–Crippen LogP) is 7.93. The molecular weight excluding hydrogens is 790 g/mol. The normalized spacial score (nSPS) is 10.4. The predicted molar refractivity (Wildman–Crippen MR) is 195 cm³/mol. The third-order valence-corrected chi connectivity index (χ3v) is 7.83. The summed E-state index contributed by atoms with van der Waals surface area (Å²) in [6.07, 6.45) is 1.71. The number of carboxylic acids is 1. The molecule has 3 N–H and O–H groups in total. The van der Waals surface area contributed by atoms with Crippen LogP contribution in [0.3, 0.4) is 0 Å². The Balaban J connectivity index is 0.000000224. The van der Waals surface area contributed by atoms with Gasteiger partial charge >= 0.3 is 11.9 Å². The summed E-state index contributed by atoms with van der Waals surface area (Å²) in [5, 5.41) is 13.7. The smallest absolute Gasteiger partial charge is 0.337 e. The molecule has 6 aromatic rings. The number of rotatable bonds is 12. The molecule has 0 saturated heterocycles. The van der Waals surface area contributed by atoms with Crippen LogP contribution in [0.1, 0.15) is 52.6 Å². The van der Waals surface area contributed by atoms with E-state index in [4.69, 9.17) is 14.6 Å². The summed E-state index contributed by atoms with van der Waals surface area (Å²) in [5.74, 6) is -7.69. The van der Waals surface area contributed by atoms with Crippen LogP contribution in [0.2, 0.25) is 0 Å². The van der Waals surface area contributed by atoms with Gasteiger partial charge in [-0.15, -0.1) is 0 Å². The number of aromatic nitrogens is 2. The Labute approximate surface area is 330 Å². The number of esters is 1. The van der Waals surface area contributed by atoms with E-state index >= 15 is 0 Å². The SMILES string of the molecule is COC(=O)c1ccc(CNC(=O)c2cc(F)cnc2Oc2ccc(F)cc2)c(F)c1.O=C(O)c1ccc(CNC(=O)c2cc(F)cnc2Oc2ccc(F)cc2)c(F)c1. The lowest BCUT2D eigenvalue weighted by Crippen LogP contribution is -2.24. The molecule has 18 heteroatoms. The molecule has 4 aromatic carbocycles. The van der Waals surface area contributed by atoms with Crippen LogP contribution < -0.4 is 20.1 Å². The molecule has 6 rings (SSSR count). The van der Waals surface area contributed by atoms with Gasteiger partial charge in [0.1, 0.15) is 57.5 Å². The average Bonchev–Trinajstić information content (AvgIpc) is 3.22. The van der Waals surface area contributed by atoms with E-state index in [1.54, 1.807) is 0 Å². The van der Waals surface area contributed by atoms with E-state index < -0.39 is 58.7 Å². The van der Waals surface area contributed by atoms with Crippen molar-refractivity contribution in [2.24, 2.45) is 0 Å². The number of ether oxygens (including phenoxy) is 3. The molecule has 0 aliphatic carbocycles. The van der Waals surface area contributed by atoms with E-state index in [1.807, 2.05) is 0 Å². The third kappa shape index (κ3) is 11.6. The lowest BCUT2D eigenvalue weighted by molar-refractivity contribution is 0.0598. The lowest BCUT2D eigenvalue weighted by atomic mass is 10.1. The number of carbonyl (C=O) groups excluding carboxylic acids is 3. The van der Waals surface area contributed by atoms with Crippen molar-refractivity contribution >= 4 is 23.8 Å². The van der Waals surface area contributed by atoms with Gasteiger partial charge in [0.15, 0.2) is 0 Å². The molecule has 0 atom stereocenters. The standard InChI is InChI=1S/C21H15F3N2O4.C20H13F3N2O4/c1-29-21(28)12-2-3-13(18(24)8-12)10-25-19(27)17-9-15(23)11-26-20(17)30-16-6-4-14(22)5-7-16;21-13-3-5-15(6-4-13)29-19-16(8-14(22)10-25-19)18(26)24-9-12-2-1-11(20(27)28)7-17(12)23/h2-9,11H,10H2,1H3,(H,25,27);1-8,10H,9H2,(H,24,26)(H,27,28). The van der Waals surface area contributed by atoms with Gasteiger partial charge in [-0.05, 0) is 84.9 Å². The van der Waals surface area contributed by atoms with Gasteiger partial charge in [0.2, 0.25) is 11.8 Å². The number of hydrogen-bond donors (Lipinski definition) is 3. The third-order valence-electron chi connectivity index (χ3n) is 7.83. The van der Waals surface area contributed by atoms with Crippen molar-refractivity contribution in [3.8, 4) is 23.3 Å². The second-order valence-electron chi connectivity index (χ2n) is 11.9. The van der Waals surface area contributed by atoms with Gasteiger partial charge in [0.25, 0.3) is 11.8 Å². The Kier molecular flexibility index (Phi) is 13.9. The van der Waals surface area contributed by atoms with Crippen LogP contribution >= 0.6 is 0 Å². The zero-order chi connectivity index (χ0) is 42.6. The summed E-state index contributed by atoms with van der Waals surface area (Å²) in [5.41, 5.74) is -0.561. The van der Waals surface area contributed by atoms with E-state index in [2.05, 4.69) is 25.3 Å². The van der Waals surface area contributed by atoms with Gasteiger partial charge in [0, 0.05) is 24.2 Å². The van der Waals surface area contributed by atoms with Crippen molar-refractivity contribution in [3.05, 3.63) is 178 Å². The molecule has 2 heterocycles. The quantitative estimate of drug-likeness (QED) is 0.0816. The van der Waals surface area contributed by atoms with Crippen molar-refractivity contribution in [2.45, 2.75) is 13.1 Å². The van der Waals surface area contributed by atoms with Crippen molar-refractivity contribution in [1.29, 1.82) is 0 Å². The van der Waals surface area contributed by atoms with Crippen molar-refractivity contribution in [2.75, 3.05) is 7.11 Å². The summed E-state index contributed by atoms with van der Waals surface area (Å²) < 4.78 is 96.8. The molecule has 59 heavy (non-hydrogen) atoms. The Morgan fingerprint density at radius 1 is 0.559 bits per heavy atom.